The van der Waals surface area contributed by atoms with Crippen LogP contribution in [0, 0.1) is 16.7 Å². The number of hydrogen-bond donors (Lipinski definition) is 1. The Morgan fingerprint density at radius 1 is 1.21 bits per heavy atom. The van der Waals surface area contributed by atoms with E-state index in [0.717, 1.165) is 5.57 Å². The van der Waals surface area contributed by atoms with Crippen molar-refractivity contribution >= 4 is 17.9 Å². The molecule has 9 heteroatoms. The van der Waals surface area contributed by atoms with E-state index in [4.69, 9.17) is 23.7 Å². The molecule has 1 N–H and O–H groups in total. The molecule has 0 amide bonds. The molecule has 3 fully saturated rings. The molecule has 184 valence electrons. The van der Waals surface area contributed by atoms with Gasteiger partial charge in [-0.05, 0) is 18.4 Å². The Morgan fingerprint density at radius 3 is 2.42 bits per heavy atom. The van der Waals surface area contributed by atoms with Crippen molar-refractivity contribution in [2.45, 2.75) is 90.5 Å². The van der Waals surface area contributed by atoms with Gasteiger partial charge in [-0.15, -0.1) is 0 Å². The van der Waals surface area contributed by atoms with E-state index >= 15 is 0 Å². The van der Waals surface area contributed by atoms with Crippen LogP contribution in [0.5, 0.6) is 0 Å². The van der Waals surface area contributed by atoms with Gasteiger partial charge < -0.3 is 28.8 Å². The molecule has 2 saturated heterocycles. The van der Waals surface area contributed by atoms with Crippen LogP contribution in [0.4, 0.5) is 0 Å². The lowest BCUT2D eigenvalue weighted by Crippen LogP contribution is -2.68. The number of aliphatic hydroxyl groups is 1. The monoisotopic (exact) mass is 466 g/mol. The predicted molar refractivity (Wildman–Crippen MR) is 114 cm³/mol. The highest BCUT2D eigenvalue weighted by molar-refractivity contribution is 5.70. The Bertz CT molecular complexity index is 875. The van der Waals surface area contributed by atoms with Crippen LogP contribution in [-0.4, -0.2) is 72.3 Å². The largest absolute Gasteiger partial charge is 0.465 e. The number of carbonyl (C=O) groups excluding carboxylic acids is 3. The lowest BCUT2D eigenvalue weighted by atomic mass is 9.51. The standard InChI is InChI=1S/C24H34O9/c1-12(2)7-18(27)32-16-9-23(10-29-14(4)25)17(8-13(16)3)33-21-19(28)20(31-15(5)26)22(23,6)24(21)11-30-24/h8,12,16-17,19-21,28H,7,9-11H2,1-6H3/t16-,17+,19+,20+,21+,22?,23+,24?/m0/s1. The minimum Gasteiger partial charge on any atom is -0.465 e. The summed E-state index contributed by atoms with van der Waals surface area (Å²) in [6.07, 6.45) is -1.46. The highest BCUT2D eigenvalue weighted by atomic mass is 16.7. The summed E-state index contributed by atoms with van der Waals surface area (Å²) < 4.78 is 29.4. The molecule has 2 aliphatic heterocycles. The SMILES string of the molecule is CC(=O)OC[C@]12C[C@H](OC(=O)CC(C)C)C(C)=C[C@H]1O[C@@H]1[C@H](O)[C@@H](OC(C)=O)C2(C)C12CO2. The minimum absolute atomic E-state index is 0.0617. The molecule has 1 spiro atoms. The van der Waals surface area contributed by atoms with E-state index in [2.05, 4.69) is 0 Å². The van der Waals surface area contributed by atoms with Gasteiger partial charge in [0.15, 0.2) is 0 Å². The van der Waals surface area contributed by atoms with E-state index in [1.807, 2.05) is 33.8 Å². The van der Waals surface area contributed by atoms with E-state index < -0.39 is 58.9 Å². The lowest BCUT2D eigenvalue weighted by molar-refractivity contribution is -0.241. The predicted octanol–water partition coefficient (Wildman–Crippen LogP) is 1.69. The zero-order chi connectivity index (χ0) is 24.3. The molecular weight excluding hydrogens is 432 g/mol. The Kier molecular flexibility index (Phi) is 5.90. The number of hydrogen-bond acceptors (Lipinski definition) is 9. The third-order valence-electron chi connectivity index (χ3n) is 8.00. The second kappa shape index (κ2) is 8.06. The first-order valence-electron chi connectivity index (χ1n) is 11.5. The van der Waals surface area contributed by atoms with Gasteiger partial charge in [0.1, 0.15) is 36.6 Å². The molecule has 0 aromatic carbocycles. The van der Waals surface area contributed by atoms with Crippen LogP contribution in [0.1, 0.15) is 54.4 Å². The zero-order valence-electron chi connectivity index (χ0n) is 20.1. The first-order chi connectivity index (χ1) is 15.4. The number of esters is 3. The van der Waals surface area contributed by atoms with E-state index in [-0.39, 0.29) is 31.3 Å². The Balaban J connectivity index is 1.79. The maximum absolute atomic E-state index is 12.5. The third-order valence-corrected chi connectivity index (χ3v) is 8.00. The molecule has 2 aliphatic carbocycles. The smallest absolute Gasteiger partial charge is 0.306 e. The number of ether oxygens (including phenoxy) is 5. The average molecular weight is 467 g/mol. The highest BCUT2D eigenvalue weighted by Crippen LogP contribution is 2.72. The van der Waals surface area contributed by atoms with Crippen molar-refractivity contribution in [1.29, 1.82) is 0 Å². The van der Waals surface area contributed by atoms with Crippen molar-refractivity contribution in [2.75, 3.05) is 13.2 Å². The fourth-order valence-electron chi connectivity index (χ4n) is 6.26. The van der Waals surface area contributed by atoms with Crippen molar-refractivity contribution < 1.29 is 43.2 Å². The quantitative estimate of drug-likeness (QED) is 0.270. The van der Waals surface area contributed by atoms with Crippen LogP contribution in [0.25, 0.3) is 0 Å². The van der Waals surface area contributed by atoms with E-state index in [1.165, 1.54) is 13.8 Å². The Morgan fingerprint density at radius 2 is 1.88 bits per heavy atom. The van der Waals surface area contributed by atoms with Gasteiger partial charge in [-0.2, -0.15) is 0 Å². The Labute approximate surface area is 193 Å². The van der Waals surface area contributed by atoms with Gasteiger partial charge in [0.05, 0.1) is 23.5 Å². The zero-order valence-corrected chi connectivity index (χ0v) is 20.1. The number of aliphatic hydroxyl groups excluding tert-OH is 1. The van der Waals surface area contributed by atoms with E-state index in [0.29, 0.717) is 6.61 Å². The lowest BCUT2D eigenvalue weighted by Gasteiger charge is -2.58. The topological polar surface area (TPSA) is 121 Å². The summed E-state index contributed by atoms with van der Waals surface area (Å²) in [6.45, 7) is 10.5. The van der Waals surface area contributed by atoms with Crippen molar-refractivity contribution in [3.8, 4) is 0 Å². The summed E-state index contributed by atoms with van der Waals surface area (Å²) in [4.78, 5) is 36.4. The van der Waals surface area contributed by atoms with Gasteiger partial charge in [0.25, 0.3) is 0 Å². The normalized spacial score (nSPS) is 43.0. The summed E-state index contributed by atoms with van der Waals surface area (Å²) in [5.74, 6) is -1.18. The Hall–Kier alpha value is -1.97. The fraction of sp³-hybridized carbons (Fsp3) is 0.792. The molecule has 2 bridgehead atoms. The van der Waals surface area contributed by atoms with Crippen molar-refractivity contribution in [1.82, 2.24) is 0 Å². The van der Waals surface area contributed by atoms with Crippen molar-refractivity contribution in [3.05, 3.63) is 11.6 Å². The molecule has 33 heavy (non-hydrogen) atoms. The van der Waals surface area contributed by atoms with E-state index in [1.54, 1.807) is 0 Å². The third kappa shape index (κ3) is 3.51. The number of epoxide rings is 1. The van der Waals surface area contributed by atoms with Gasteiger partial charge in [-0.3, -0.25) is 14.4 Å². The first-order valence-corrected chi connectivity index (χ1v) is 11.5. The average Bonchev–Trinajstić information content (AvgIpc) is 3.48. The summed E-state index contributed by atoms with van der Waals surface area (Å²) in [5.41, 5.74) is -2.00. The van der Waals surface area contributed by atoms with Gasteiger partial charge in [-0.1, -0.05) is 26.8 Å². The molecule has 9 nitrogen and oxygen atoms in total. The van der Waals surface area contributed by atoms with E-state index in [9.17, 15) is 19.5 Å². The number of carbonyl (C=O) groups is 3. The molecule has 0 radical (unpaired) electrons. The summed E-state index contributed by atoms with van der Waals surface area (Å²) in [5, 5.41) is 11.2. The highest BCUT2D eigenvalue weighted by Gasteiger charge is 2.86. The van der Waals surface area contributed by atoms with Crippen LogP contribution in [0.15, 0.2) is 11.6 Å². The summed E-state index contributed by atoms with van der Waals surface area (Å²) in [7, 11) is 0. The molecule has 1 saturated carbocycles. The molecule has 0 aromatic rings. The molecule has 0 aromatic heterocycles. The molecular formula is C24H34O9. The second-order valence-corrected chi connectivity index (χ2v) is 10.5. The molecule has 8 atom stereocenters. The van der Waals surface area contributed by atoms with Gasteiger partial charge in [0, 0.05) is 26.7 Å². The van der Waals surface area contributed by atoms with Crippen LogP contribution >= 0.6 is 0 Å². The number of rotatable bonds is 6. The minimum atomic E-state index is -1.11. The molecule has 4 aliphatic rings. The van der Waals surface area contributed by atoms with Crippen LogP contribution in [-0.2, 0) is 38.1 Å². The maximum Gasteiger partial charge on any atom is 0.306 e. The van der Waals surface area contributed by atoms with Gasteiger partial charge >= 0.3 is 17.9 Å². The maximum atomic E-state index is 12.5. The van der Waals surface area contributed by atoms with Crippen LogP contribution in [0.2, 0.25) is 0 Å². The van der Waals surface area contributed by atoms with Crippen LogP contribution in [0.3, 0.4) is 0 Å². The summed E-state index contributed by atoms with van der Waals surface area (Å²) in [6, 6.07) is 0. The van der Waals surface area contributed by atoms with Gasteiger partial charge in [-0.25, -0.2) is 0 Å². The van der Waals surface area contributed by atoms with Gasteiger partial charge in [0.2, 0.25) is 0 Å². The van der Waals surface area contributed by atoms with Crippen molar-refractivity contribution in [3.63, 3.8) is 0 Å². The first kappa shape index (κ1) is 24.2. The fourth-order valence-corrected chi connectivity index (χ4v) is 6.26. The van der Waals surface area contributed by atoms with Crippen molar-refractivity contribution in [2.24, 2.45) is 16.7 Å². The molecule has 4 rings (SSSR count). The second-order valence-electron chi connectivity index (χ2n) is 10.5. The molecule has 2 heterocycles. The summed E-state index contributed by atoms with van der Waals surface area (Å²) >= 11 is 0. The van der Waals surface area contributed by atoms with Crippen LogP contribution < -0.4 is 0 Å². The molecule has 2 unspecified atom stereocenters. The number of fused-ring (bicyclic) bond motifs is 2.